The molecule has 1 aliphatic rings. The summed E-state index contributed by atoms with van der Waals surface area (Å²) < 4.78 is 32.9. The number of halogens is 1. The fourth-order valence-electron chi connectivity index (χ4n) is 7.68. The molecule has 5 rings (SSSR count). The third-order valence-electron chi connectivity index (χ3n) is 11.8. The van der Waals surface area contributed by atoms with E-state index in [9.17, 15) is 9.81 Å². The zero-order chi connectivity index (χ0) is 64.0. The Bertz CT molecular complexity index is 2510. The summed E-state index contributed by atoms with van der Waals surface area (Å²) in [6, 6.07) is 20.3. The average molecular weight is 1260 g/mol. The number of allylic oxidation sites excluding steroid dienone is 3. The van der Waals surface area contributed by atoms with Gasteiger partial charge in [-0.2, -0.15) is 9.84 Å². The quantitative estimate of drug-likeness (QED) is 0.00832. The fourth-order valence-corrected chi connectivity index (χ4v) is 7.68. The second-order valence-corrected chi connectivity index (χ2v) is 16.9. The van der Waals surface area contributed by atoms with Gasteiger partial charge in [0.2, 0.25) is 5.71 Å². The summed E-state index contributed by atoms with van der Waals surface area (Å²) in [4.78, 5) is 28.3. The van der Waals surface area contributed by atoms with Crippen molar-refractivity contribution in [2.45, 2.75) is 0 Å². The number of hydrogen-bond donors (Lipinski definition) is 14. The van der Waals surface area contributed by atoms with Crippen molar-refractivity contribution in [2.75, 3.05) is 198 Å². The van der Waals surface area contributed by atoms with Crippen molar-refractivity contribution in [1.82, 2.24) is 0 Å². The van der Waals surface area contributed by atoms with Crippen molar-refractivity contribution < 1.29 is 92.9 Å². The highest BCUT2D eigenvalue weighted by Gasteiger charge is 2.18. The average Bonchev–Trinajstić information content (AvgIpc) is 3.75. The van der Waals surface area contributed by atoms with Crippen LogP contribution in [0.5, 0.6) is 23.0 Å². The van der Waals surface area contributed by atoms with Crippen LogP contribution in [0.2, 0.25) is 0 Å². The summed E-state index contributed by atoms with van der Waals surface area (Å²) in [6.07, 6.45) is 5.14. The molecule has 1 aliphatic carbocycles. The molecule has 0 bridgehead atoms. The second kappa shape index (κ2) is 50.1. The molecule has 1 atom stereocenters. The molecule has 486 valence electrons. The Labute approximate surface area is 515 Å². The van der Waals surface area contributed by atoms with Crippen molar-refractivity contribution >= 4 is 79.2 Å². The minimum Gasteiger partial charge on any atom is -0.870 e. The number of aliphatic hydroxyl groups excluding tert-OH is 10. The SMILES string of the molecule is COC1=CC(=[N+](CCO)CCO)C=CC1=N.COc1cc(N(CCO)CCO)ccc1N.COc1cc(N(CCO)CCO)ccc1N=O.COc1cc(N(CCO)CCO)ccc1N=O.COc1cc(N(CCO)CCO)ccc1NO.Cl.[2H]P.[H+].[H+].[OH-]. The van der Waals surface area contributed by atoms with Crippen molar-refractivity contribution in [3.8, 4) is 23.0 Å². The van der Waals surface area contributed by atoms with Crippen LogP contribution in [0, 0.1) is 15.2 Å². The number of nitrogens with zero attached hydrogens (tertiary/aromatic N) is 7. The lowest BCUT2D eigenvalue weighted by atomic mass is 10.1. The number of nitrogens with two attached hydrogens (primary N) is 1. The molecule has 16 N–H and O–H groups in total. The third-order valence-corrected chi connectivity index (χ3v) is 11.8. The molecule has 0 fully saturated rings. The number of nitrogen functional groups attached to an aromatic ring is 1. The first-order valence-corrected chi connectivity index (χ1v) is 26.0. The monoisotopic (exact) mass is 1260 g/mol. The number of nitroso groups, excluding NO2 is 2. The largest absolute Gasteiger partial charge is 1.00 e. The molecule has 0 heterocycles. The molecular weight excluding hydrogens is 1170 g/mol. The maximum atomic E-state index is 10.5. The van der Waals surface area contributed by atoms with Crippen LogP contribution in [-0.4, -0.2) is 246 Å². The number of rotatable bonds is 32. The number of hydrogen-bond acceptors (Lipinski definition) is 28. The number of methoxy groups -OCH3 is 5. The summed E-state index contributed by atoms with van der Waals surface area (Å²) in [6.45, 7) is 4.32. The van der Waals surface area contributed by atoms with Gasteiger partial charge in [0.25, 0.3) is 0 Å². The Balaban J connectivity index is -0.000000324. The minimum absolute atomic E-state index is 0. The second-order valence-electron chi connectivity index (χ2n) is 16.9. The van der Waals surface area contributed by atoms with Crippen molar-refractivity contribution in [3.63, 3.8) is 0 Å². The van der Waals surface area contributed by atoms with Gasteiger partial charge in [0.1, 0.15) is 59.0 Å². The van der Waals surface area contributed by atoms with E-state index in [1.807, 2.05) is 25.9 Å². The van der Waals surface area contributed by atoms with E-state index in [2.05, 4.69) is 10.4 Å². The van der Waals surface area contributed by atoms with E-state index in [1.165, 1.54) is 28.4 Å². The van der Waals surface area contributed by atoms with E-state index >= 15 is 0 Å². The molecule has 31 heteroatoms. The van der Waals surface area contributed by atoms with Crippen LogP contribution in [0.1, 0.15) is 2.85 Å². The van der Waals surface area contributed by atoms with Crippen LogP contribution in [0.3, 0.4) is 0 Å². The zero-order valence-corrected chi connectivity index (χ0v) is 51.2. The van der Waals surface area contributed by atoms with Gasteiger partial charge in [-0.15, -0.1) is 22.2 Å². The number of benzene rings is 4. The van der Waals surface area contributed by atoms with Crippen LogP contribution < -0.4 is 49.8 Å². The van der Waals surface area contributed by atoms with Gasteiger partial charge in [-0.05, 0) is 65.0 Å². The van der Waals surface area contributed by atoms with E-state index < -0.39 is 0 Å². The molecule has 4 aromatic carbocycles. The first kappa shape index (κ1) is 81.0. The van der Waals surface area contributed by atoms with Gasteiger partial charge in [-0.25, -0.2) is 4.58 Å². The van der Waals surface area contributed by atoms with Crippen LogP contribution >= 0.6 is 22.3 Å². The van der Waals surface area contributed by atoms with Crippen LogP contribution in [0.25, 0.3) is 0 Å². The van der Waals surface area contributed by atoms with E-state index in [4.69, 9.17) is 92.4 Å². The summed E-state index contributed by atoms with van der Waals surface area (Å²) in [7, 11) is 9.15. The number of aliphatic hydroxyl groups is 10. The van der Waals surface area contributed by atoms with E-state index in [1.54, 1.807) is 112 Å². The van der Waals surface area contributed by atoms with Crippen molar-refractivity contribution in [1.29, 1.82) is 6.69 Å². The van der Waals surface area contributed by atoms with Gasteiger partial charge < -0.3 is 106 Å². The number of nitrogens with one attached hydrogen (secondary N) is 2. The highest BCUT2D eigenvalue weighted by atomic mass is 35.5. The molecule has 0 spiro atoms. The maximum Gasteiger partial charge on any atom is 1.00 e. The molecule has 0 aliphatic heterocycles. The molecule has 1 unspecified atom stereocenters. The smallest absolute Gasteiger partial charge is 0.870 e. The van der Waals surface area contributed by atoms with Gasteiger partial charge in [-0.3, -0.25) is 16.1 Å². The van der Waals surface area contributed by atoms with Crippen LogP contribution in [-0.2, 0) is 4.74 Å². The molecular formula is C55H92ClN10O19P+2. The van der Waals surface area contributed by atoms with E-state index in [0.717, 1.165) is 28.5 Å². The first-order valence-electron chi connectivity index (χ1n) is 26.6. The van der Waals surface area contributed by atoms with E-state index in [0.29, 0.717) is 111 Å². The fraction of sp³-hybridized carbons (Fsp3) is 0.455. The molecule has 0 amide bonds. The summed E-state index contributed by atoms with van der Waals surface area (Å²) in [5.41, 5.74) is 13.6. The van der Waals surface area contributed by atoms with Gasteiger partial charge in [-0.1, -0.05) is 0 Å². The molecule has 0 aromatic heterocycles. The standard InChI is InChI=1S/C11H18N2O4.2C11H16N2O4.C11H18N2O3.C11H17N2O3.ClH.H2O.H3P/c3*1-17-11-8-9(2-3-10(11)12-16)13(4-6-14)5-7-15;2*1-16-11-8-9(2-3-10(11)12)13(4-6-14)5-7-15;;;/h2-3,8,12,14-16H,4-7H2,1H3;2*2-3,8,14-15H,4-7H2,1H3;2-3,8,14-15H,4-7,12H2,1H3;2-3,8,12,14-15H,4-7H2,1H3;1H;1H2;1H3/q;;;;+1;;;/p+1/i;;;;;;;1D. The summed E-state index contributed by atoms with van der Waals surface area (Å²) >= 11 is 0. The lowest BCUT2D eigenvalue weighted by Gasteiger charge is -2.23. The van der Waals surface area contributed by atoms with Gasteiger partial charge in [0, 0.05) is 105 Å². The Hall–Kier alpha value is -7.06. The third kappa shape index (κ3) is 28.9. The Morgan fingerprint density at radius 2 is 0.849 bits per heavy atom. The number of anilines is 6. The molecule has 4 aromatic rings. The van der Waals surface area contributed by atoms with Crippen molar-refractivity contribution in [3.05, 3.63) is 107 Å². The molecule has 29 nitrogen and oxygen atoms in total. The number of ether oxygens (including phenoxy) is 5. The zero-order valence-electron chi connectivity index (χ0n) is 52.2. The summed E-state index contributed by atoms with van der Waals surface area (Å²) in [5, 5.41) is 111. The summed E-state index contributed by atoms with van der Waals surface area (Å²) in [5.74, 6) is 2.32. The Morgan fingerprint density at radius 1 is 0.523 bits per heavy atom. The van der Waals surface area contributed by atoms with Crippen LogP contribution in [0.4, 0.5) is 45.5 Å². The highest BCUT2D eigenvalue weighted by Crippen LogP contribution is 2.34. The minimum atomic E-state index is -0.0179. The van der Waals surface area contributed by atoms with Crippen LogP contribution in [0.15, 0.2) is 107 Å². The van der Waals surface area contributed by atoms with Crippen molar-refractivity contribution in [2.24, 2.45) is 10.4 Å². The Kier molecular flexibility index (Phi) is 47.2. The molecule has 0 saturated heterocycles. The molecule has 0 radical (unpaired) electrons. The lowest BCUT2D eigenvalue weighted by Crippen LogP contribution is -2.29. The lowest BCUT2D eigenvalue weighted by molar-refractivity contribution is -0.530. The van der Waals surface area contributed by atoms with Gasteiger partial charge in [0.05, 0.1) is 107 Å². The highest BCUT2D eigenvalue weighted by molar-refractivity contribution is 6.92. The van der Waals surface area contributed by atoms with Gasteiger partial charge in [0.15, 0.2) is 13.1 Å². The predicted octanol–water partition coefficient (Wildman–Crippen LogP) is 2.20. The topological polar surface area (TPSA) is 435 Å². The Morgan fingerprint density at radius 3 is 1.15 bits per heavy atom. The normalized spacial score (nSPS) is 10.8. The first-order chi connectivity index (χ1) is 41.2. The maximum absolute atomic E-state index is 10.5. The molecule has 0 saturated carbocycles. The predicted molar refractivity (Wildman–Crippen MR) is 342 cm³/mol. The molecule has 86 heavy (non-hydrogen) atoms. The van der Waals surface area contributed by atoms with Gasteiger partial charge >= 0.3 is 2.85 Å². The van der Waals surface area contributed by atoms with E-state index in [-0.39, 0.29) is 98.2 Å².